The minimum absolute atomic E-state index is 0.187. The molecular weight excluding hydrogens is 162 g/mol. The zero-order valence-electron chi connectivity index (χ0n) is 7.88. The third-order valence-electron chi connectivity index (χ3n) is 2.66. The molecule has 3 heteroatoms. The van der Waals surface area contributed by atoms with Gasteiger partial charge in [-0.1, -0.05) is 0 Å². The van der Waals surface area contributed by atoms with Crippen LogP contribution in [0.4, 0.5) is 5.69 Å². The molecule has 0 amide bonds. The van der Waals surface area contributed by atoms with Gasteiger partial charge >= 0.3 is 0 Å². The van der Waals surface area contributed by atoms with Crippen LogP contribution >= 0.6 is 0 Å². The molecule has 2 rings (SSSR count). The third-order valence-corrected chi connectivity index (χ3v) is 2.66. The molecule has 3 nitrogen and oxygen atoms in total. The Bertz CT molecular complexity index is 305. The van der Waals surface area contributed by atoms with Gasteiger partial charge in [-0.3, -0.25) is 4.98 Å². The van der Waals surface area contributed by atoms with Crippen molar-refractivity contribution >= 4 is 5.69 Å². The summed E-state index contributed by atoms with van der Waals surface area (Å²) in [6, 6.07) is 2.01. The minimum Gasteiger partial charge on any atom is -0.378 e. The van der Waals surface area contributed by atoms with Crippen LogP contribution < -0.4 is 11.1 Å². The van der Waals surface area contributed by atoms with E-state index in [1.807, 2.05) is 18.5 Å². The lowest BCUT2D eigenvalue weighted by Gasteiger charge is -2.17. The summed E-state index contributed by atoms with van der Waals surface area (Å²) < 4.78 is 0. The van der Waals surface area contributed by atoms with Gasteiger partial charge in [0, 0.05) is 30.2 Å². The number of aryl methyl sites for hydroxylation is 1. The number of aromatic nitrogens is 1. The molecule has 3 N–H and O–H groups in total. The SMILES string of the molecule is Cc1cnccc1NC1(CN)CC1. The Morgan fingerprint density at radius 3 is 2.92 bits per heavy atom. The van der Waals surface area contributed by atoms with E-state index in [-0.39, 0.29) is 5.54 Å². The fraction of sp³-hybridized carbons (Fsp3) is 0.500. The van der Waals surface area contributed by atoms with Crippen molar-refractivity contribution in [1.82, 2.24) is 4.98 Å². The largest absolute Gasteiger partial charge is 0.378 e. The molecule has 1 fully saturated rings. The zero-order valence-corrected chi connectivity index (χ0v) is 7.88. The van der Waals surface area contributed by atoms with Crippen molar-refractivity contribution < 1.29 is 0 Å². The van der Waals surface area contributed by atoms with Crippen molar-refractivity contribution in [2.75, 3.05) is 11.9 Å². The summed E-state index contributed by atoms with van der Waals surface area (Å²) in [7, 11) is 0. The van der Waals surface area contributed by atoms with Crippen LogP contribution in [0.1, 0.15) is 18.4 Å². The first-order valence-corrected chi connectivity index (χ1v) is 4.65. The van der Waals surface area contributed by atoms with E-state index < -0.39 is 0 Å². The molecule has 0 spiro atoms. The third kappa shape index (κ3) is 1.65. The molecular formula is C10H15N3. The normalized spacial score (nSPS) is 18.3. The van der Waals surface area contributed by atoms with Crippen LogP contribution in [-0.2, 0) is 0 Å². The Labute approximate surface area is 78.4 Å². The molecule has 0 radical (unpaired) electrons. The highest BCUT2D eigenvalue weighted by molar-refractivity contribution is 5.52. The van der Waals surface area contributed by atoms with Crippen LogP contribution in [0.3, 0.4) is 0 Å². The first kappa shape index (κ1) is 8.51. The summed E-state index contributed by atoms with van der Waals surface area (Å²) in [4.78, 5) is 4.05. The predicted molar refractivity (Wildman–Crippen MR) is 53.6 cm³/mol. The molecule has 1 aliphatic rings. The van der Waals surface area contributed by atoms with Gasteiger partial charge in [0.2, 0.25) is 0 Å². The summed E-state index contributed by atoms with van der Waals surface area (Å²) in [6.45, 7) is 2.77. The van der Waals surface area contributed by atoms with Crippen molar-refractivity contribution in [2.24, 2.45) is 5.73 Å². The molecule has 0 saturated heterocycles. The van der Waals surface area contributed by atoms with Crippen molar-refractivity contribution in [2.45, 2.75) is 25.3 Å². The Morgan fingerprint density at radius 1 is 1.62 bits per heavy atom. The first-order chi connectivity index (χ1) is 6.26. The maximum atomic E-state index is 5.69. The average Bonchev–Trinajstić information content (AvgIpc) is 2.90. The van der Waals surface area contributed by atoms with Crippen molar-refractivity contribution in [1.29, 1.82) is 0 Å². The van der Waals surface area contributed by atoms with E-state index in [0.29, 0.717) is 0 Å². The highest BCUT2D eigenvalue weighted by Gasteiger charge is 2.41. The first-order valence-electron chi connectivity index (χ1n) is 4.65. The molecule has 0 atom stereocenters. The van der Waals surface area contributed by atoms with E-state index in [4.69, 9.17) is 5.73 Å². The number of nitrogens with zero attached hydrogens (tertiary/aromatic N) is 1. The number of pyridine rings is 1. The van der Waals surface area contributed by atoms with E-state index in [1.165, 1.54) is 18.4 Å². The quantitative estimate of drug-likeness (QED) is 0.731. The van der Waals surface area contributed by atoms with Gasteiger partial charge < -0.3 is 11.1 Å². The molecule has 1 saturated carbocycles. The summed E-state index contributed by atoms with van der Waals surface area (Å²) in [6.07, 6.45) is 6.05. The maximum Gasteiger partial charge on any atom is 0.0497 e. The van der Waals surface area contributed by atoms with Crippen molar-refractivity contribution in [3.05, 3.63) is 24.0 Å². The average molecular weight is 177 g/mol. The van der Waals surface area contributed by atoms with Crippen LogP contribution in [0.25, 0.3) is 0 Å². The second-order valence-electron chi connectivity index (χ2n) is 3.80. The van der Waals surface area contributed by atoms with Gasteiger partial charge in [-0.25, -0.2) is 0 Å². The van der Waals surface area contributed by atoms with Crippen LogP contribution in [0.2, 0.25) is 0 Å². The van der Waals surface area contributed by atoms with Gasteiger partial charge in [0.05, 0.1) is 0 Å². The topological polar surface area (TPSA) is 50.9 Å². The number of hydrogen-bond donors (Lipinski definition) is 2. The Kier molecular flexibility index (Phi) is 1.96. The molecule has 0 unspecified atom stereocenters. The van der Waals surface area contributed by atoms with Crippen LogP contribution in [0.15, 0.2) is 18.5 Å². The fourth-order valence-corrected chi connectivity index (χ4v) is 1.43. The standard InChI is InChI=1S/C10H15N3/c1-8-6-12-5-2-9(8)13-10(7-11)3-4-10/h2,5-6H,3-4,7,11H2,1H3,(H,12,13). The Hall–Kier alpha value is -1.09. The van der Waals surface area contributed by atoms with E-state index in [2.05, 4.69) is 17.2 Å². The monoisotopic (exact) mass is 177 g/mol. The van der Waals surface area contributed by atoms with Gasteiger partial charge in [0.15, 0.2) is 0 Å². The lowest BCUT2D eigenvalue weighted by atomic mass is 10.2. The fourth-order valence-electron chi connectivity index (χ4n) is 1.43. The molecule has 0 bridgehead atoms. The minimum atomic E-state index is 0.187. The summed E-state index contributed by atoms with van der Waals surface area (Å²) in [5, 5.41) is 3.48. The summed E-state index contributed by atoms with van der Waals surface area (Å²) in [5.41, 5.74) is 8.22. The molecule has 1 aromatic rings. The Balaban J connectivity index is 2.14. The second-order valence-corrected chi connectivity index (χ2v) is 3.80. The molecule has 1 aliphatic carbocycles. The van der Waals surface area contributed by atoms with Gasteiger partial charge in [-0.15, -0.1) is 0 Å². The number of nitrogens with one attached hydrogen (secondary N) is 1. The van der Waals surface area contributed by atoms with Crippen molar-refractivity contribution in [3.63, 3.8) is 0 Å². The van der Waals surface area contributed by atoms with E-state index in [0.717, 1.165) is 12.2 Å². The van der Waals surface area contributed by atoms with Gasteiger partial charge in [0.25, 0.3) is 0 Å². The number of nitrogens with two attached hydrogens (primary N) is 1. The maximum absolute atomic E-state index is 5.69. The van der Waals surface area contributed by atoms with E-state index in [9.17, 15) is 0 Å². The summed E-state index contributed by atoms with van der Waals surface area (Å²) >= 11 is 0. The predicted octanol–water partition coefficient (Wildman–Crippen LogP) is 1.29. The smallest absolute Gasteiger partial charge is 0.0497 e. The molecule has 1 aromatic heterocycles. The Morgan fingerprint density at radius 2 is 2.38 bits per heavy atom. The lowest BCUT2D eigenvalue weighted by molar-refractivity contribution is 0.741. The van der Waals surface area contributed by atoms with E-state index >= 15 is 0 Å². The van der Waals surface area contributed by atoms with Gasteiger partial charge in [-0.2, -0.15) is 0 Å². The zero-order chi connectivity index (χ0) is 9.31. The highest BCUT2D eigenvalue weighted by Crippen LogP contribution is 2.38. The second kappa shape index (κ2) is 3.00. The summed E-state index contributed by atoms with van der Waals surface area (Å²) in [5.74, 6) is 0. The highest BCUT2D eigenvalue weighted by atomic mass is 15.0. The van der Waals surface area contributed by atoms with Gasteiger partial charge in [-0.05, 0) is 31.4 Å². The van der Waals surface area contributed by atoms with Crippen LogP contribution in [0, 0.1) is 6.92 Å². The molecule has 70 valence electrons. The molecule has 0 aromatic carbocycles. The molecule has 13 heavy (non-hydrogen) atoms. The molecule has 0 aliphatic heterocycles. The number of rotatable bonds is 3. The van der Waals surface area contributed by atoms with Gasteiger partial charge in [0.1, 0.15) is 0 Å². The van der Waals surface area contributed by atoms with Crippen molar-refractivity contribution in [3.8, 4) is 0 Å². The lowest BCUT2D eigenvalue weighted by Crippen LogP contribution is -2.31. The van der Waals surface area contributed by atoms with Crippen LogP contribution in [-0.4, -0.2) is 17.1 Å². The number of hydrogen-bond acceptors (Lipinski definition) is 3. The molecule has 1 heterocycles. The number of anilines is 1. The van der Waals surface area contributed by atoms with E-state index in [1.54, 1.807) is 0 Å². The van der Waals surface area contributed by atoms with Crippen LogP contribution in [0.5, 0.6) is 0 Å².